The number of hydrogen-bond donors (Lipinski definition) is 1. The molecule has 0 aliphatic carbocycles. The predicted molar refractivity (Wildman–Crippen MR) is 103 cm³/mol. The predicted octanol–water partition coefficient (Wildman–Crippen LogP) is 2.91. The van der Waals surface area contributed by atoms with Gasteiger partial charge in [-0.25, -0.2) is 4.79 Å². The number of rotatable bonds is 8. The molecule has 0 fully saturated rings. The maximum Gasteiger partial charge on any atom is 0.340 e. The van der Waals surface area contributed by atoms with Crippen LogP contribution in [0.4, 0.5) is 5.69 Å². The molecule has 0 aliphatic rings. The summed E-state index contributed by atoms with van der Waals surface area (Å²) in [5, 5.41) is 2.67. The van der Waals surface area contributed by atoms with Crippen LogP contribution < -0.4 is 24.3 Å². The summed E-state index contributed by atoms with van der Waals surface area (Å²) in [6.45, 7) is 1.59. The fraction of sp³-hybridized carbons (Fsp3) is 0.300. The molecule has 8 nitrogen and oxygen atoms in total. The van der Waals surface area contributed by atoms with Gasteiger partial charge in [-0.1, -0.05) is 6.07 Å². The normalized spacial score (nSPS) is 11.2. The highest BCUT2D eigenvalue weighted by Crippen LogP contribution is 2.34. The number of esters is 1. The molecule has 0 radical (unpaired) electrons. The Morgan fingerprint density at radius 2 is 1.54 bits per heavy atom. The molecule has 1 unspecified atom stereocenters. The smallest absolute Gasteiger partial charge is 0.340 e. The van der Waals surface area contributed by atoms with Crippen molar-refractivity contribution in [1.29, 1.82) is 0 Å². The lowest BCUT2D eigenvalue weighted by Crippen LogP contribution is -2.30. The van der Waals surface area contributed by atoms with Gasteiger partial charge in [-0.15, -0.1) is 0 Å². The Morgan fingerprint density at radius 3 is 2.14 bits per heavy atom. The second kappa shape index (κ2) is 9.50. The fourth-order valence-electron chi connectivity index (χ4n) is 2.43. The van der Waals surface area contributed by atoms with Crippen molar-refractivity contribution >= 4 is 17.6 Å². The van der Waals surface area contributed by atoms with E-state index < -0.39 is 18.0 Å². The van der Waals surface area contributed by atoms with Gasteiger partial charge in [0.1, 0.15) is 11.5 Å². The minimum atomic E-state index is -0.842. The van der Waals surface area contributed by atoms with Gasteiger partial charge in [0.2, 0.25) is 0 Å². The molecule has 1 amide bonds. The molecule has 1 N–H and O–H groups in total. The first-order valence-electron chi connectivity index (χ1n) is 8.39. The number of hydrogen-bond acceptors (Lipinski definition) is 7. The van der Waals surface area contributed by atoms with Gasteiger partial charge in [0.15, 0.2) is 17.6 Å². The largest absolute Gasteiger partial charge is 0.497 e. The molecule has 0 aliphatic heterocycles. The van der Waals surface area contributed by atoms with Gasteiger partial charge < -0.3 is 29.0 Å². The zero-order chi connectivity index (χ0) is 20.7. The number of amides is 1. The zero-order valence-electron chi connectivity index (χ0n) is 16.4. The molecule has 0 aromatic heterocycles. The van der Waals surface area contributed by atoms with Crippen molar-refractivity contribution in [3.63, 3.8) is 0 Å². The lowest BCUT2D eigenvalue weighted by molar-refractivity contribution is -0.122. The van der Waals surface area contributed by atoms with Crippen LogP contribution in [0.15, 0.2) is 36.4 Å². The van der Waals surface area contributed by atoms with Crippen LogP contribution >= 0.6 is 0 Å². The molecule has 1 atom stereocenters. The van der Waals surface area contributed by atoms with Crippen LogP contribution in [0.5, 0.6) is 23.0 Å². The van der Waals surface area contributed by atoms with Crippen LogP contribution in [0.2, 0.25) is 0 Å². The number of methoxy groups -OCH3 is 4. The second-order valence-corrected chi connectivity index (χ2v) is 5.67. The summed E-state index contributed by atoms with van der Waals surface area (Å²) < 4.78 is 26.0. The monoisotopic (exact) mass is 389 g/mol. The number of ether oxygens (including phenoxy) is 5. The summed E-state index contributed by atoms with van der Waals surface area (Å²) in [6, 6.07) is 9.82. The summed E-state index contributed by atoms with van der Waals surface area (Å²) in [7, 11) is 5.69. The van der Waals surface area contributed by atoms with E-state index in [-0.39, 0.29) is 11.3 Å². The zero-order valence-corrected chi connectivity index (χ0v) is 16.4. The molecule has 2 rings (SSSR count). The first-order valence-corrected chi connectivity index (χ1v) is 8.39. The number of benzene rings is 2. The van der Waals surface area contributed by atoms with E-state index in [0.29, 0.717) is 23.0 Å². The third kappa shape index (κ3) is 4.85. The number of carbonyl (C=O) groups excluding carboxylic acids is 2. The summed E-state index contributed by atoms with van der Waals surface area (Å²) in [6.07, 6.45) is -0.842. The van der Waals surface area contributed by atoms with Crippen LogP contribution in [0, 0.1) is 0 Å². The first kappa shape index (κ1) is 20.9. The molecule has 28 heavy (non-hydrogen) atoms. The summed E-state index contributed by atoms with van der Waals surface area (Å²) >= 11 is 0. The highest BCUT2D eigenvalue weighted by atomic mass is 16.5. The van der Waals surface area contributed by atoms with Crippen molar-refractivity contribution in [3.05, 3.63) is 42.0 Å². The van der Waals surface area contributed by atoms with Crippen molar-refractivity contribution in [2.24, 2.45) is 0 Å². The van der Waals surface area contributed by atoms with Gasteiger partial charge in [0, 0.05) is 18.2 Å². The lowest BCUT2D eigenvalue weighted by Gasteiger charge is -2.18. The maximum atomic E-state index is 12.6. The Kier molecular flexibility index (Phi) is 7.08. The van der Waals surface area contributed by atoms with Gasteiger partial charge in [-0.05, 0) is 19.1 Å². The minimum absolute atomic E-state index is 0.127. The fourth-order valence-corrected chi connectivity index (χ4v) is 2.43. The molecule has 0 saturated heterocycles. The van der Waals surface area contributed by atoms with E-state index in [1.165, 1.54) is 33.5 Å². The Labute approximate surface area is 163 Å². The standard InChI is InChI=1S/C20H23NO7/c1-12(28-14-8-6-7-13(9-14)24-2)19(22)21-16-11-18(26-4)17(25-3)10-15(16)20(23)27-5/h6-12H,1-5H3,(H,21,22). The third-order valence-corrected chi connectivity index (χ3v) is 3.91. The summed E-state index contributed by atoms with van der Waals surface area (Å²) in [5.41, 5.74) is 0.345. The van der Waals surface area contributed by atoms with E-state index in [9.17, 15) is 9.59 Å². The molecular weight excluding hydrogens is 366 g/mol. The van der Waals surface area contributed by atoms with E-state index in [0.717, 1.165) is 0 Å². The van der Waals surface area contributed by atoms with Crippen LogP contribution in [0.1, 0.15) is 17.3 Å². The lowest BCUT2D eigenvalue weighted by atomic mass is 10.1. The van der Waals surface area contributed by atoms with Crippen LogP contribution in [-0.2, 0) is 9.53 Å². The molecule has 2 aromatic rings. The quantitative estimate of drug-likeness (QED) is 0.694. The first-order chi connectivity index (χ1) is 13.4. The van der Waals surface area contributed by atoms with Crippen molar-refractivity contribution < 1.29 is 33.3 Å². The molecule has 0 saturated carbocycles. The molecule has 0 spiro atoms. The average Bonchev–Trinajstić information content (AvgIpc) is 2.72. The highest BCUT2D eigenvalue weighted by molar-refractivity contribution is 6.03. The molecule has 2 aromatic carbocycles. The average molecular weight is 389 g/mol. The van der Waals surface area contributed by atoms with Gasteiger partial charge in [-0.2, -0.15) is 0 Å². The number of anilines is 1. The van der Waals surface area contributed by atoms with Gasteiger partial charge >= 0.3 is 5.97 Å². The van der Waals surface area contributed by atoms with E-state index in [1.807, 2.05) is 0 Å². The summed E-state index contributed by atoms with van der Waals surface area (Å²) in [5.74, 6) is 0.687. The van der Waals surface area contributed by atoms with Crippen molar-refractivity contribution in [2.75, 3.05) is 33.8 Å². The molecule has 150 valence electrons. The van der Waals surface area contributed by atoms with Gasteiger partial charge in [0.05, 0.1) is 39.7 Å². The third-order valence-electron chi connectivity index (χ3n) is 3.91. The maximum absolute atomic E-state index is 12.6. The van der Waals surface area contributed by atoms with Gasteiger partial charge in [0.25, 0.3) is 5.91 Å². The van der Waals surface area contributed by atoms with Gasteiger partial charge in [-0.3, -0.25) is 4.79 Å². The van der Waals surface area contributed by atoms with E-state index in [2.05, 4.69) is 5.32 Å². The minimum Gasteiger partial charge on any atom is -0.497 e. The number of nitrogens with one attached hydrogen (secondary N) is 1. The molecule has 0 heterocycles. The Hall–Kier alpha value is -3.42. The Bertz CT molecular complexity index is 850. The molecule has 0 bridgehead atoms. The number of carbonyl (C=O) groups is 2. The van der Waals surface area contributed by atoms with Crippen molar-refractivity contribution in [3.8, 4) is 23.0 Å². The topological polar surface area (TPSA) is 92.3 Å². The van der Waals surface area contributed by atoms with Crippen molar-refractivity contribution in [1.82, 2.24) is 0 Å². The van der Waals surface area contributed by atoms with Crippen LogP contribution in [-0.4, -0.2) is 46.4 Å². The Balaban J connectivity index is 2.24. The van der Waals surface area contributed by atoms with Crippen LogP contribution in [0.25, 0.3) is 0 Å². The van der Waals surface area contributed by atoms with Crippen molar-refractivity contribution in [2.45, 2.75) is 13.0 Å². The Morgan fingerprint density at radius 1 is 0.893 bits per heavy atom. The van der Waals surface area contributed by atoms with E-state index in [1.54, 1.807) is 38.3 Å². The second-order valence-electron chi connectivity index (χ2n) is 5.67. The SMILES string of the molecule is COC(=O)c1cc(OC)c(OC)cc1NC(=O)C(C)Oc1cccc(OC)c1. The van der Waals surface area contributed by atoms with Crippen LogP contribution in [0.3, 0.4) is 0 Å². The summed E-state index contributed by atoms with van der Waals surface area (Å²) in [4.78, 5) is 24.7. The highest BCUT2D eigenvalue weighted by Gasteiger charge is 2.22. The van der Waals surface area contributed by atoms with E-state index >= 15 is 0 Å². The van der Waals surface area contributed by atoms with E-state index in [4.69, 9.17) is 23.7 Å². The molecular formula is C20H23NO7. The molecule has 8 heteroatoms.